The van der Waals surface area contributed by atoms with Crippen LogP contribution in [0.15, 0.2) is 57.7 Å². The monoisotopic (exact) mass is 441 g/mol. The lowest BCUT2D eigenvalue weighted by Gasteiger charge is -2.17. The molecule has 3 aromatic rings. The molecule has 162 valence electrons. The topological polar surface area (TPSA) is 103 Å². The highest BCUT2D eigenvalue weighted by Crippen LogP contribution is 2.26. The van der Waals surface area contributed by atoms with Crippen LogP contribution >= 0.6 is 0 Å². The lowest BCUT2D eigenvalue weighted by Crippen LogP contribution is -2.43. The number of aryl methyl sites for hydroxylation is 1. The van der Waals surface area contributed by atoms with E-state index in [1.165, 1.54) is 0 Å². The minimum Gasteiger partial charge on any atom is -0.481 e. The van der Waals surface area contributed by atoms with Gasteiger partial charge in [-0.15, -0.1) is 0 Å². The lowest BCUT2D eigenvalue weighted by molar-refractivity contribution is -0.127. The molecule has 0 spiro atoms. The summed E-state index contributed by atoms with van der Waals surface area (Å²) in [4.78, 5) is 25.4. The lowest BCUT2D eigenvalue weighted by atomic mass is 10.0. The number of hydrogen-bond donors (Lipinski definition) is 1. The van der Waals surface area contributed by atoms with Gasteiger partial charge in [0.25, 0.3) is 5.91 Å². The molecule has 7 nitrogen and oxygen atoms in total. The Hall–Kier alpha value is -3.13. The summed E-state index contributed by atoms with van der Waals surface area (Å²) in [6.07, 6.45) is -0.428. The summed E-state index contributed by atoms with van der Waals surface area (Å²) in [5, 5.41) is 3.14. The third-order valence-corrected chi connectivity index (χ3v) is 7.13. The third kappa shape index (κ3) is 4.49. The van der Waals surface area contributed by atoms with Gasteiger partial charge in [-0.05, 0) is 38.0 Å². The first-order valence-corrected chi connectivity index (χ1v) is 11.9. The minimum absolute atomic E-state index is 0.0460. The van der Waals surface area contributed by atoms with Gasteiger partial charge in [0.1, 0.15) is 17.1 Å². The second kappa shape index (κ2) is 8.19. The molecule has 0 saturated carbocycles. The largest absolute Gasteiger partial charge is 0.481 e. The quantitative estimate of drug-likeness (QED) is 0.653. The molecule has 0 unspecified atom stereocenters. The third-order valence-electron chi connectivity index (χ3n) is 5.36. The number of ether oxygens (including phenoxy) is 1. The highest BCUT2D eigenvalue weighted by molar-refractivity contribution is 7.91. The van der Waals surface area contributed by atoms with Gasteiger partial charge in [0.15, 0.2) is 15.9 Å². The van der Waals surface area contributed by atoms with Crippen LogP contribution in [0.25, 0.3) is 22.1 Å². The Morgan fingerprint density at radius 1 is 1.19 bits per heavy atom. The molecule has 0 aliphatic carbocycles. The smallest absolute Gasteiger partial charge is 0.261 e. The molecule has 31 heavy (non-hydrogen) atoms. The summed E-state index contributed by atoms with van der Waals surface area (Å²) in [6.45, 7) is 3.32. The van der Waals surface area contributed by atoms with Gasteiger partial charge in [0.05, 0.1) is 22.5 Å². The minimum atomic E-state index is -3.08. The number of hydrogen-bond acceptors (Lipinski definition) is 6. The number of nitrogens with one attached hydrogen (secondary N) is 1. The van der Waals surface area contributed by atoms with E-state index in [2.05, 4.69) is 5.32 Å². The number of rotatable bonds is 5. The molecule has 8 heteroatoms. The van der Waals surface area contributed by atoms with Gasteiger partial charge in [-0.2, -0.15) is 0 Å². The van der Waals surface area contributed by atoms with Crippen molar-refractivity contribution in [2.75, 3.05) is 11.5 Å². The van der Waals surface area contributed by atoms with E-state index in [0.29, 0.717) is 34.5 Å². The number of carbonyl (C=O) groups is 1. The van der Waals surface area contributed by atoms with Gasteiger partial charge in [-0.25, -0.2) is 8.42 Å². The van der Waals surface area contributed by atoms with E-state index in [0.717, 1.165) is 5.56 Å². The normalized spacial score (nSPS) is 18.6. The van der Waals surface area contributed by atoms with Crippen molar-refractivity contribution in [2.45, 2.75) is 32.4 Å². The highest BCUT2D eigenvalue weighted by Gasteiger charge is 2.30. The van der Waals surface area contributed by atoms with Crippen LogP contribution in [0.1, 0.15) is 19.1 Å². The van der Waals surface area contributed by atoms with Crippen molar-refractivity contribution in [3.05, 3.63) is 64.5 Å². The fourth-order valence-corrected chi connectivity index (χ4v) is 5.46. The number of benzene rings is 2. The predicted octanol–water partition coefficient (Wildman–Crippen LogP) is 2.84. The van der Waals surface area contributed by atoms with Crippen molar-refractivity contribution in [2.24, 2.45) is 0 Å². The fourth-order valence-electron chi connectivity index (χ4n) is 3.78. The zero-order valence-electron chi connectivity index (χ0n) is 17.3. The zero-order valence-corrected chi connectivity index (χ0v) is 18.1. The van der Waals surface area contributed by atoms with Gasteiger partial charge in [-0.1, -0.05) is 30.3 Å². The fraction of sp³-hybridized carbons (Fsp3) is 0.304. The van der Waals surface area contributed by atoms with E-state index in [4.69, 9.17) is 9.15 Å². The molecule has 1 amide bonds. The highest BCUT2D eigenvalue weighted by atomic mass is 32.2. The Labute approximate surface area is 180 Å². The standard InChI is InChI=1S/C23H23NO6S/c1-14-21(16-6-4-3-5-7-16)22(25)19-9-8-18(12-20(19)30-14)29-15(2)23(26)24-17-10-11-31(27,28)13-17/h3-9,12,15,17H,10-11,13H2,1-2H3,(H,24,26)/t15-,17-/m1/s1. The number of amides is 1. The maximum atomic E-state index is 13.0. The molecule has 1 saturated heterocycles. The van der Waals surface area contributed by atoms with Gasteiger partial charge in [0, 0.05) is 12.1 Å². The van der Waals surface area contributed by atoms with Gasteiger partial charge >= 0.3 is 0 Å². The van der Waals surface area contributed by atoms with Crippen LogP contribution in [0, 0.1) is 6.92 Å². The molecular formula is C23H23NO6S. The van der Waals surface area contributed by atoms with Crippen molar-refractivity contribution in [1.29, 1.82) is 0 Å². The number of carbonyl (C=O) groups excluding carboxylic acids is 1. The van der Waals surface area contributed by atoms with Crippen LogP contribution in [0.3, 0.4) is 0 Å². The average Bonchev–Trinajstić information content (AvgIpc) is 3.06. The maximum Gasteiger partial charge on any atom is 0.261 e. The Morgan fingerprint density at radius 3 is 2.61 bits per heavy atom. The molecule has 2 atom stereocenters. The van der Waals surface area contributed by atoms with Crippen LogP contribution in [-0.4, -0.2) is 38.0 Å². The molecule has 1 aliphatic heterocycles. The molecule has 1 N–H and O–H groups in total. The molecule has 1 fully saturated rings. The number of sulfone groups is 1. The Bertz CT molecular complexity index is 1300. The van der Waals surface area contributed by atoms with Gasteiger partial charge < -0.3 is 14.5 Å². The SMILES string of the molecule is Cc1oc2cc(O[C@H](C)C(=O)N[C@@H]3CCS(=O)(=O)C3)ccc2c(=O)c1-c1ccccc1. The summed E-state index contributed by atoms with van der Waals surface area (Å²) >= 11 is 0. The molecule has 0 bridgehead atoms. The van der Waals surface area contributed by atoms with Crippen molar-refractivity contribution in [3.8, 4) is 16.9 Å². The molecular weight excluding hydrogens is 418 g/mol. The van der Waals surface area contributed by atoms with Crippen molar-refractivity contribution in [1.82, 2.24) is 5.32 Å². The first-order valence-electron chi connectivity index (χ1n) is 10.0. The summed E-state index contributed by atoms with van der Waals surface area (Å²) < 4.78 is 34.7. The Kier molecular flexibility index (Phi) is 5.58. The van der Waals surface area contributed by atoms with Crippen LogP contribution < -0.4 is 15.5 Å². The molecule has 2 heterocycles. The molecule has 0 radical (unpaired) electrons. The second-order valence-electron chi connectivity index (χ2n) is 7.75. The van der Waals surface area contributed by atoms with Gasteiger partial charge in [-0.3, -0.25) is 9.59 Å². The van der Waals surface area contributed by atoms with Crippen LogP contribution in [-0.2, 0) is 14.6 Å². The summed E-state index contributed by atoms with van der Waals surface area (Å²) in [5.41, 5.74) is 1.54. The van der Waals surface area contributed by atoms with Crippen LogP contribution in [0.2, 0.25) is 0 Å². The van der Waals surface area contributed by atoms with E-state index < -0.39 is 22.0 Å². The van der Waals surface area contributed by atoms with E-state index in [9.17, 15) is 18.0 Å². The summed E-state index contributed by atoms with van der Waals surface area (Å²) in [7, 11) is -3.08. The first kappa shape index (κ1) is 21.1. The van der Waals surface area contributed by atoms with Crippen molar-refractivity contribution < 1.29 is 22.4 Å². The molecule has 4 rings (SSSR count). The zero-order chi connectivity index (χ0) is 22.2. The predicted molar refractivity (Wildman–Crippen MR) is 118 cm³/mol. The van der Waals surface area contributed by atoms with E-state index in [1.807, 2.05) is 30.3 Å². The van der Waals surface area contributed by atoms with E-state index in [-0.39, 0.29) is 22.8 Å². The molecule has 1 aromatic heterocycles. The van der Waals surface area contributed by atoms with E-state index >= 15 is 0 Å². The number of fused-ring (bicyclic) bond motifs is 1. The second-order valence-corrected chi connectivity index (χ2v) is 9.98. The summed E-state index contributed by atoms with van der Waals surface area (Å²) in [5.74, 6) is 0.522. The van der Waals surface area contributed by atoms with Crippen molar-refractivity contribution in [3.63, 3.8) is 0 Å². The average molecular weight is 442 g/mol. The Balaban J connectivity index is 1.54. The summed E-state index contributed by atoms with van der Waals surface area (Å²) in [6, 6.07) is 13.8. The van der Waals surface area contributed by atoms with E-state index in [1.54, 1.807) is 32.0 Å². The van der Waals surface area contributed by atoms with Crippen molar-refractivity contribution >= 4 is 26.7 Å². The first-order chi connectivity index (χ1) is 14.7. The molecule has 1 aliphatic rings. The maximum absolute atomic E-state index is 13.0. The van der Waals surface area contributed by atoms with Gasteiger partial charge in [0.2, 0.25) is 5.43 Å². The van der Waals surface area contributed by atoms with Crippen LogP contribution in [0.4, 0.5) is 0 Å². The Morgan fingerprint density at radius 2 is 1.94 bits per heavy atom. The molecule has 2 aromatic carbocycles. The van der Waals surface area contributed by atoms with Crippen LogP contribution in [0.5, 0.6) is 5.75 Å².